The van der Waals surface area contributed by atoms with Gasteiger partial charge in [0, 0.05) is 11.1 Å². The van der Waals surface area contributed by atoms with Crippen molar-refractivity contribution in [1.82, 2.24) is 19.7 Å². The van der Waals surface area contributed by atoms with E-state index in [2.05, 4.69) is 20.4 Å². The van der Waals surface area contributed by atoms with Gasteiger partial charge in [0.15, 0.2) is 5.65 Å². The number of aromatic nitrogens is 4. The Balaban J connectivity index is 1.78. The Morgan fingerprint density at radius 2 is 1.89 bits per heavy atom. The van der Waals surface area contributed by atoms with Crippen molar-refractivity contribution in [3.63, 3.8) is 0 Å². The second kappa shape index (κ2) is 7.36. The first kappa shape index (κ1) is 18.1. The van der Waals surface area contributed by atoms with Crippen LogP contribution in [0.1, 0.15) is 5.56 Å². The first-order valence-corrected chi connectivity index (χ1v) is 8.93. The Morgan fingerprint density at radius 3 is 2.68 bits per heavy atom. The minimum atomic E-state index is 0.624. The van der Waals surface area contributed by atoms with E-state index < -0.39 is 0 Å². The zero-order chi connectivity index (χ0) is 19.7. The molecule has 2 aromatic carbocycles. The lowest BCUT2D eigenvalue weighted by Crippen LogP contribution is -2.02. The maximum absolute atomic E-state index is 6.17. The molecule has 4 rings (SSSR count). The molecule has 28 heavy (non-hydrogen) atoms. The molecule has 4 aromatic rings. The van der Waals surface area contributed by atoms with Gasteiger partial charge in [-0.05, 0) is 36.8 Å². The fourth-order valence-corrected chi connectivity index (χ4v) is 3.13. The molecule has 142 valence electrons. The number of benzene rings is 2. The minimum Gasteiger partial charge on any atom is -0.497 e. The SMILES string of the molecule is COc1ccc(Nc2ncnc3c2cnn3-c2cc(Cl)ccc2C)c(OC)c1. The molecule has 0 amide bonds. The van der Waals surface area contributed by atoms with Crippen LogP contribution < -0.4 is 14.8 Å². The minimum absolute atomic E-state index is 0.624. The van der Waals surface area contributed by atoms with Crippen LogP contribution in [0.15, 0.2) is 48.9 Å². The molecular formula is C20H18ClN5O2. The summed E-state index contributed by atoms with van der Waals surface area (Å²) in [7, 11) is 3.22. The second-order valence-corrected chi connectivity index (χ2v) is 6.57. The molecule has 7 nitrogen and oxygen atoms in total. The van der Waals surface area contributed by atoms with Crippen molar-refractivity contribution >= 4 is 34.1 Å². The summed E-state index contributed by atoms with van der Waals surface area (Å²) in [5.74, 6) is 1.98. The van der Waals surface area contributed by atoms with Gasteiger partial charge in [-0.15, -0.1) is 0 Å². The Labute approximate surface area is 166 Å². The van der Waals surface area contributed by atoms with E-state index in [0.717, 1.165) is 22.3 Å². The van der Waals surface area contributed by atoms with Crippen molar-refractivity contribution in [3.8, 4) is 17.2 Å². The maximum atomic E-state index is 6.17. The van der Waals surface area contributed by atoms with E-state index in [1.165, 1.54) is 6.33 Å². The van der Waals surface area contributed by atoms with Crippen LogP contribution >= 0.6 is 11.6 Å². The fraction of sp³-hybridized carbons (Fsp3) is 0.150. The first-order chi connectivity index (χ1) is 13.6. The van der Waals surface area contributed by atoms with E-state index in [0.29, 0.717) is 28.0 Å². The van der Waals surface area contributed by atoms with Gasteiger partial charge in [-0.1, -0.05) is 17.7 Å². The smallest absolute Gasteiger partial charge is 0.168 e. The summed E-state index contributed by atoms with van der Waals surface area (Å²) >= 11 is 6.17. The lowest BCUT2D eigenvalue weighted by Gasteiger charge is -2.12. The van der Waals surface area contributed by atoms with E-state index in [4.69, 9.17) is 21.1 Å². The third-order valence-electron chi connectivity index (χ3n) is 4.43. The molecule has 0 aliphatic rings. The van der Waals surface area contributed by atoms with Crippen LogP contribution in [0.3, 0.4) is 0 Å². The molecule has 0 unspecified atom stereocenters. The summed E-state index contributed by atoms with van der Waals surface area (Å²) in [4.78, 5) is 8.79. The van der Waals surface area contributed by atoms with Gasteiger partial charge in [0.2, 0.25) is 0 Å². The summed E-state index contributed by atoms with van der Waals surface area (Å²) in [5.41, 5.74) is 3.35. The molecule has 8 heteroatoms. The number of rotatable bonds is 5. The van der Waals surface area contributed by atoms with E-state index in [-0.39, 0.29) is 0 Å². The Morgan fingerprint density at radius 1 is 1.04 bits per heavy atom. The van der Waals surface area contributed by atoms with Crippen molar-refractivity contribution in [2.24, 2.45) is 0 Å². The molecule has 0 aliphatic heterocycles. The molecule has 2 aromatic heterocycles. The van der Waals surface area contributed by atoms with Crippen LogP contribution in [0.2, 0.25) is 5.02 Å². The molecule has 0 saturated heterocycles. The van der Waals surface area contributed by atoms with Crippen LogP contribution in [0, 0.1) is 6.92 Å². The predicted octanol–water partition coefficient (Wildman–Crippen LogP) is 4.54. The lowest BCUT2D eigenvalue weighted by molar-refractivity contribution is 0.395. The van der Waals surface area contributed by atoms with E-state index in [1.54, 1.807) is 31.2 Å². The standard InChI is InChI=1S/C20H18ClN5O2/c1-12-4-5-13(21)8-17(12)26-20-15(10-24-26)19(22-11-23-20)25-16-7-6-14(27-2)9-18(16)28-3/h4-11H,1-3H3,(H,22,23,25). The van der Waals surface area contributed by atoms with Gasteiger partial charge in [-0.2, -0.15) is 5.10 Å². The predicted molar refractivity (Wildman–Crippen MR) is 109 cm³/mol. The van der Waals surface area contributed by atoms with Gasteiger partial charge in [-0.25, -0.2) is 14.6 Å². The summed E-state index contributed by atoms with van der Waals surface area (Å²) in [6.07, 6.45) is 3.23. The monoisotopic (exact) mass is 395 g/mol. The van der Waals surface area contributed by atoms with Crippen LogP contribution in [0.25, 0.3) is 16.7 Å². The number of nitrogens with one attached hydrogen (secondary N) is 1. The quantitative estimate of drug-likeness (QED) is 0.534. The molecule has 0 saturated carbocycles. The van der Waals surface area contributed by atoms with Crippen LogP contribution in [0.4, 0.5) is 11.5 Å². The zero-order valence-corrected chi connectivity index (χ0v) is 16.4. The van der Waals surface area contributed by atoms with Gasteiger partial charge >= 0.3 is 0 Å². The maximum Gasteiger partial charge on any atom is 0.168 e. The van der Waals surface area contributed by atoms with Crippen LogP contribution in [-0.2, 0) is 0 Å². The number of hydrogen-bond acceptors (Lipinski definition) is 6. The first-order valence-electron chi connectivity index (χ1n) is 8.55. The number of nitrogens with zero attached hydrogens (tertiary/aromatic N) is 4. The van der Waals surface area contributed by atoms with Gasteiger partial charge in [0.25, 0.3) is 0 Å². The van der Waals surface area contributed by atoms with E-state index >= 15 is 0 Å². The number of ether oxygens (including phenoxy) is 2. The highest BCUT2D eigenvalue weighted by Crippen LogP contribution is 2.33. The van der Waals surface area contributed by atoms with Crippen LogP contribution in [0.5, 0.6) is 11.5 Å². The third kappa shape index (κ3) is 3.20. The second-order valence-electron chi connectivity index (χ2n) is 6.14. The van der Waals surface area contributed by atoms with Gasteiger partial charge in [0.05, 0.1) is 37.2 Å². The molecule has 0 radical (unpaired) electrons. The van der Waals surface area contributed by atoms with Gasteiger partial charge in [0.1, 0.15) is 23.6 Å². The van der Waals surface area contributed by atoms with Crippen molar-refractivity contribution < 1.29 is 9.47 Å². The van der Waals surface area contributed by atoms with Crippen molar-refractivity contribution in [2.45, 2.75) is 6.92 Å². The number of fused-ring (bicyclic) bond motifs is 1. The molecule has 0 spiro atoms. The fourth-order valence-electron chi connectivity index (χ4n) is 2.96. The van der Waals surface area contributed by atoms with Gasteiger partial charge in [-0.3, -0.25) is 0 Å². The highest BCUT2D eigenvalue weighted by atomic mass is 35.5. The molecule has 0 fully saturated rings. The van der Waals surface area contributed by atoms with Crippen LogP contribution in [-0.4, -0.2) is 34.0 Å². The largest absolute Gasteiger partial charge is 0.497 e. The molecule has 0 atom stereocenters. The average molecular weight is 396 g/mol. The van der Waals surface area contributed by atoms with Crippen molar-refractivity contribution in [3.05, 3.63) is 59.5 Å². The highest BCUT2D eigenvalue weighted by Gasteiger charge is 2.14. The molecule has 2 heterocycles. The summed E-state index contributed by atoms with van der Waals surface area (Å²) in [6.45, 7) is 2.00. The average Bonchev–Trinajstić information content (AvgIpc) is 3.15. The number of hydrogen-bond donors (Lipinski definition) is 1. The molecular weight excluding hydrogens is 378 g/mol. The van der Waals surface area contributed by atoms with Crippen molar-refractivity contribution in [2.75, 3.05) is 19.5 Å². The topological polar surface area (TPSA) is 74.1 Å². The van der Waals surface area contributed by atoms with E-state index in [1.807, 2.05) is 37.3 Å². The Bertz CT molecular complexity index is 1160. The Hall–Kier alpha value is -3.32. The number of aryl methyl sites for hydroxylation is 1. The molecule has 0 bridgehead atoms. The summed E-state index contributed by atoms with van der Waals surface area (Å²) in [5, 5.41) is 9.22. The van der Waals surface area contributed by atoms with Gasteiger partial charge < -0.3 is 14.8 Å². The number of methoxy groups -OCH3 is 2. The third-order valence-corrected chi connectivity index (χ3v) is 4.66. The zero-order valence-electron chi connectivity index (χ0n) is 15.6. The lowest BCUT2D eigenvalue weighted by atomic mass is 10.2. The van der Waals surface area contributed by atoms with Crippen molar-refractivity contribution in [1.29, 1.82) is 0 Å². The molecule has 0 aliphatic carbocycles. The number of halogens is 1. The van der Waals surface area contributed by atoms with E-state index in [9.17, 15) is 0 Å². The normalized spacial score (nSPS) is 10.9. The summed E-state index contributed by atoms with van der Waals surface area (Å²) in [6, 6.07) is 11.2. The summed E-state index contributed by atoms with van der Waals surface area (Å²) < 4.78 is 12.5. The number of anilines is 2. The molecule has 1 N–H and O–H groups in total. The Kier molecular flexibility index (Phi) is 4.75. The highest BCUT2D eigenvalue weighted by molar-refractivity contribution is 6.30.